The molecule has 0 saturated carbocycles. The van der Waals surface area contributed by atoms with E-state index in [1.807, 2.05) is 18.5 Å². The van der Waals surface area contributed by atoms with Crippen LogP contribution in [-0.2, 0) is 0 Å². The first-order valence-corrected chi connectivity index (χ1v) is 5.98. The number of hydrogen-bond donors (Lipinski definition) is 1. The zero-order valence-corrected chi connectivity index (χ0v) is 9.72. The largest absolute Gasteiger partial charge is 0.365 e. The molecule has 0 radical (unpaired) electrons. The predicted octanol–water partition coefficient (Wildman–Crippen LogP) is 3.19. The fraction of sp³-hybridized carbons (Fsp3) is 0.0667. The van der Waals surface area contributed by atoms with Crippen LogP contribution in [0.4, 0.5) is 5.69 Å². The van der Waals surface area contributed by atoms with Gasteiger partial charge in [0.15, 0.2) is 0 Å². The van der Waals surface area contributed by atoms with Crippen molar-refractivity contribution in [2.45, 2.75) is 0 Å². The molecule has 1 N–H and O–H groups in total. The van der Waals surface area contributed by atoms with Crippen molar-refractivity contribution in [2.75, 3.05) is 12.0 Å². The lowest BCUT2D eigenvalue weighted by atomic mass is 10.0. The van der Waals surface area contributed by atoms with Crippen molar-refractivity contribution in [3.63, 3.8) is 0 Å². The Balaban J connectivity index is 2.25. The molecule has 0 aliphatic carbocycles. The van der Waals surface area contributed by atoms with Crippen molar-refractivity contribution in [3.8, 4) is 0 Å². The number of aliphatic imine (C=N–C) groups is 1. The van der Waals surface area contributed by atoms with Crippen molar-refractivity contribution in [3.05, 3.63) is 48.2 Å². The molecule has 3 nitrogen and oxygen atoms in total. The molecule has 1 aliphatic heterocycles. The Morgan fingerprint density at radius 1 is 1.06 bits per heavy atom. The minimum atomic E-state index is 0.634. The molecule has 0 unspecified atom stereocenters. The third-order valence-electron chi connectivity index (χ3n) is 3.37. The van der Waals surface area contributed by atoms with Gasteiger partial charge >= 0.3 is 0 Å². The first-order valence-electron chi connectivity index (χ1n) is 5.98. The zero-order chi connectivity index (χ0) is 11.9. The molecule has 3 aromatic rings. The van der Waals surface area contributed by atoms with Crippen LogP contribution in [0.15, 0.2) is 47.6 Å². The number of fused-ring (bicyclic) bond motifs is 5. The lowest BCUT2D eigenvalue weighted by Gasteiger charge is -2.16. The molecule has 1 aromatic heterocycles. The minimum Gasteiger partial charge on any atom is -0.365 e. The summed E-state index contributed by atoms with van der Waals surface area (Å²) in [5.41, 5.74) is 3.30. The van der Waals surface area contributed by atoms with Gasteiger partial charge in [-0.3, -0.25) is 9.98 Å². The van der Waals surface area contributed by atoms with Crippen LogP contribution in [0.25, 0.3) is 21.7 Å². The summed E-state index contributed by atoms with van der Waals surface area (Å²) in [7, 11) is 0. The van der Waals surface area contributed by atoms with Crippen LogP contribution in [0.1, 0.15) is 5.56 Å². The number of pyridine rings is 1. The van der Waals surface area contributed by atoms with Crippen LogP contribution in [0, 0.1) is 0 Å². The second-order valence-electron chi connectivity index (χ2n) is 4.42. The maximum absolute atomic E-state index is 4.53. The highest BCUT2D eigenvalue weighted by atomic mass is 15.0. The predicted molar refractivity (Wildman–Crippen MR) is 75.3 cm³/mol. The Hall–Kier alpha value is -2.42. The summed E-state index contributed by atoms with van der Waals surface area (Å²) in [6.45, 7) is 0.634. The Kier molecular flexibility index (Phi) is 1.88. The van der Waals surface area contributed by atoms with Gasteiger partial charge in [-0.25, -0.2) is 0 Å². The van der Waals surface area contributed by atoms with Gasteiger partial charge in [-0.15, -0.1) is 0 Å². The molecule has 0 spiro atoms. The molecule has 4 rings (SSSR count). The smallest absolute Gasteiger partial charge is 0.107 e. The number of rotatable bonds is 0. The summed E-state index contributed by atoms with van der Waals surface area (Å²) in [5.74, 6) is 0. The van der Waals surface area contributed by atoms with Crippen LogP contribution >= 0.6 is 0 Å². The average Bonchev–Trinajstić information content (AvgIpc) is 2.46. The SMILES string of the molecule is C1=NCNc2c1ccc1ncc3ccccc3c21. The quantitative estimate of drug-likeness (QED) is 0.605. The molecule has 3 heteroatoms. The molecule has 18 heavy (non-hydrogen) atoms. The van der Waals surface area contributed by atoms with Crippen molar-refractivity contribution < 1.29 is 0 Å². The monoisotopic (exact) mass is 233 g/mol. The molecule has 2 heterocycles. The molecule has 86 valence electrons. The second kappa shape index (κ2) is 3.53. The Labute approximate surface area is 104 Å². The van der Waals surface area contributed by atoms with Gasteiger partial charge in [0.05, 0.1) is 11.2 Å². The van der Waals surface area contributed by atoms with E-state index in [2.05, 4.69) is 45.6 Å². The first-order chi connectivity index (χ1) is 8.93. The summed E-state index contributed by atoms with van der Waals surface area (Å²) in [6, 6.07) is 12.5. The third-order valence-corrected chi connectivity index (χ3v) is 3.37. The standard InChI is InChI=1S/C15H11N3/c1-2-4-12-10(3-1)8-17-13-6-5-11-7-16-9-18-15(11)14(12)13/h1-8,18H,9H2. The van der Waals surface area contributed by atoms with Crippen LogP contribution in [0.3, 0.4) is 0 Å². The van der Waals surface area contributed by atoms with Crippen LogP contribution < -0.4 is 5.32 Å². The molecular formula is C15H11N3. The Bertz CT molecular complexity index is 790. The molecule has 0 amide bonds. The van der Waals surface area contributed by atoms with Gasteiger partial charge in [-0.1, -0.05) is 24.3 Å². The van der Waals surface area contributed by atoms with E-state index in [9.17, 15) is 0 Å². The van der Waals surface area contributed by atoms with E-state index in [-0.39, 0.29) is 0 Å². The fourth-order valence-electron chi connectivity index (χ4n) is 2.53. The molecule has 2 aromatic carbocycles. The number of nitrogens with one attached hydrogen (secondary N) is 1. The van der Waals surface area contributed by atoms with Gasteiger partial charge in [0.2, 0.25) is 0 Å². The number of nitrogens with zero attached hydrogens (tertiary/aromatic N) is 2. The van der Waals surface area contributed by atoms with Gasteiger partial charge in [0.25, 0.3) is 0 Å². The normalized spacial score (nSPS) is 13.6. The van der Waals surface area contributed by atoms with Crippen LogP contribution in [-0.4, -0.2) is 17.9 Å². The van der Waals surface area contributed by atoms with E-state index in [1.54, 1.807) is 0 Å². The minimum absolute atomic E-state index is 0.634. The topological polar surface area (TPSA) is 37.3 Å². The lowest BCUT2D eigenvalue weighted by Crippen LogP contribution is -2.08. The Morgan fingerprint density at radius 3 is 3.00 bits per heavy atom. The van der Waals surface area contributed by atoms with Crippen LogP contribution in [0.2, 0.25) is 0 Å². The number of hydrogen-bond acceptors (Lipinski definition) is 3. The maximum atomic E-state index is 4.53. The van der Waals surface area contributed by atoms with Crippen molar-refractivity contribution in [1.29, 1.82) is 0 Å². The van der Waals surface area contributed by atoms with Gasteiger partial charge < -0.3 is 5.32 Å². The highest BCUT2D eigenvalue weighted by Crippen LogP contribution is 2.32. The molecule has 0 atom stereocenters. The van der Waals surface area contributed by atoms with Crippen molar-refractivity contribution in [1.82, 2.24) is 4.98 Å². The molecular weight excluding hydrogens is 222 g/mol. The van der Waals surface area contributed by atoms with E-state index in [0.29, 0.717) is 6.67 Å². The fourth-order valence-corrected chi connectivity index (χ4v) is 2.53. The van der Waals surface area contributed by atoms with E-state index in [0.717, 1.165) is 16.8 Å². The summed E-state index contributed by atoms with van der Waals surface area (Å²) >= 11 is 0. The molecule has 0 bridgehead atoms. The van der Waals surface area contributed by atoms with Gasteiger partial charge in [0.1, 0.15) is 6.67 Å². The van der Waals surface area contributed by atoms with E-state index in [4.69, 9.17) is 0 Å². The summed E-state index contributed by atoms with van der Waals surface area (Å²) in [5, 5.41) is 6.96. The maximum Gasteiger partial charge on any atom is 0.107 e. The lowest BCUT2D eigenvalue weighted by molar-refractivity contribution is 1.13. The third kappa shape index (κ3) is 1.24. The van der Waals surface area contributed by atoms with Gasteiger partial charge in [-0.2, -0.15) is 0 Å². The Morgan fingerprint density at radius 2 is 2.00 bits per heavy atom. The number of aromatic nitrogens is 1. The summed E-state index contributed by atoms with van der Waals surface area (Å²) in [4.78, 5) is 8.78. The van der Waals surface area contributed by atoms with E-state index < -0.39 is 0 Å². The number of benzene rings is 2. The zero-order valence-electron chi connectivity index (χ0n) is 9.72. The highest BCUT2D eigenvalue weighted by Gasteiger charge is 2.12. The van der Waals surface area contributed by atoms with Crippen LogP contribution in [0.5, 0.6) is 0 Å². The van der Waals surface area contributed by atoms with Gasteiger partial charge in [0, 0.05) is 28.7 Å². The average molecular weight is 233 g/mol. The van der Waals surface area contributed by atoms with Crippen molar-refractivity contribution >= 4 is 33.6 Å². The molecule has 1 aliphatic rings. The van der Waals surface area contributed by atoms with Crippen molar-refractivity contribution in [2.24, 2.45) is 4.99 Å². The van der Waals surface area contributed by atoms with E-state index in [1.165, 1.54) is 16.2 Å². The van der Waals surface area contributed by atoms with E-state index >= 15 is 0 Å². The molecule has 0 fully saturated rings. The number of anilines is 1. The second-order valence-corrected chi connectivity index (χ2v) is 4.42. The summed E-state index contributed by atoms with van der Waals surface area (Å²) in [6.07, 6.45) is 3.86. The highest BCUT2D eigenvalue weighted by molar-refractivity contribution is 6.15. The molecule has 0 saturated heterocycles. The van der Waals surface area contributed by atoms with Gasteiger partial charge in [-0.05, 0) is 17.5 Å². The summed E-state index contributed by atoms with van der Waals surface area (Å²) < 4.78 is 0. The first kappa shape index (κ1) is 9.59.